The highest BCUT2D eigenvalue weighted by Crippen LogP contribution is 2.35. The molecule has 2 heterocycles. The molecule has 0 amide bonds. The van der Waals surface area contributed by atoms with Crippen molar-refractivity contribution in [2.75, 3.05) is 0 Å². The number of pyridine rings is 1. The minimum Gasteiger partial charge on any atom is -0.256 e. The van der Waals surface area contributed by atoms with Gasteiger partial charge in [0.25, 0.3) is 0 Å². The highest BCUT2D eigenvalue weighted by Gasteiger charge is 2.16. The number of para-hydroxylation sites is 1. The molecule has 6 aromatic carbocycles. The Morgan fingerprint density at radius 2 is 0.761 bits per heavy atom. The maximum atomic E-state index is 5.10. The third-order valence-corrected chi connectivity index (χ3v) is 8.16. The lowest BCUT2D eigenvalue weighted by Crippen LogP contribution is -2.00. The predicted molar refractivity (Wildman–Crippen MR) is 188 cm³/mol. The molecule has 0 atom stereocenters. The van der Waals surface area contributed by atoms with Crippen LogP contribution in [0.2, 0.25) is 0 Å². The molecule has 0 saturated heterocycles. The smallest absolute Gasteiger partial charge is 0.164 e. The molecule has 0 aliphatic carbocycles. The van der Waals surface area contributed by atoms with Crippen LogP contribution in [0.3, 0.4) is 0 Å². The zero-order chi connectivity index (χ0) is 30.7. The van der Waals surface area contributed by atoms with Crippen molar-refractivity contribution in [3.05, 3.63) is 170 Å². The SMILES string of the molecule is c1ccc(-c2ccc(-c3nc(-c4ccccc4)nc(-c4cc(-c5ccccc5)cc(-c5cccc6cccnc56)c4)n3)cc2)cc1. The fourth-order valence-corrected chi connectivity index (χ4v) is 5.84. The summed E-state index contributed by atoms with van der Waals surface area (Å²) in [7, 11) is 0. The summed E-state index contributed by atoms with van der Waals surface area (Å²) in [5.74, 6) is 1.87. The van der Waals surface area contributed by atoms with E-state index in [1.54, 1.807) is 0 Å². The average molecular weight is 589 g/mol. The van der Waals surface area contributed by atoms with Gasteiger partial charge in [0.2, 0.25) is 0 Å². The zero-order valence-corrected chi connectivity index (χ0v) is 25.0. The van der Waals surface area contributed by atoms with Gasteiger partial charge in [-0.25, -0.2) is 15.0 Å². The lowest BCUT2D eigenvalue weighted by molar-refractivity contribution is 1.07. The van der Waals surface area contributed by atoms with Crippen LogP contribution < -0.4 is 0 Å². The van der Waals surface area contributed by atoms with E-state index in [0.717, 1.165) is 55.4 Å². The van der Waals surface area contributed by atoms with E-state index in [2.05, 4.69) is 115 Å². The van der Waals surface area contributed by atoms with Gasteiger partial charge >= 0.3 is 0 Å². The minimum atomic E-state index is 0.614. The number of nitrogens with zero attached hydrogens (tertiary/aromatic N) is 4. The number of hydrogen-bond donors (Lipinski definition) is 0. The second-order valence-electron chi connectivity index (χ2n) is 11.2. The van der Waals surface area contributed by atoms with E-state index >= 15 is 0 Å². The second-order valence-corrected chi connectivity index (χ2v) is 11.2. The number of fused-ring (bicyclic) bond motifs is 1. The summed E-state index contributed by atoms with van der Waals surface area (Å²) in [4.78, 5) is 19.9. The molecular formula is C42H28N4. The topological polar surface area (TPSA) is 51.6 Å². The Labute approximate surface area is 267 Å². The van der Waals surface area contributed by atoms with E-state index in [0.29, 0.717) is 17.5 Å². The molecule has 0 unspecified atom stereocenters. The first-order valence-corrected chi connectivity index (χ1v) is 15.3. The van der Waals surface area contributed by atoms with Crippen LogP contribution in [0.1, 0.15) is 0 Å². The molecule has 0 aliphatic rings. The Kier molecular flexibility index (Phi) is 7.14. The van der Waals surface area contributed by atoms with Gasteiger partial charge in [-0.15, -0.1) is 0 Å². The van der Waals surface area contributed by atoms with Crippen LogP contribution in [0.4, 0.5) is 0 Å². The first-order chi connectivity index (χ1) is 22.8. The van der Waals surface area contributed by atoms with Crippen LogP contribution in [0, 0.1) is 0 Å². The molecule has 0 radical (unpaired) electrons. The molecule has 0 aliphatic heterocycles. The van der Waals surface area contributed by atoms with Crippen LogP contribution in [0.25, 0.3) is 78.4 Å². The van der Waals surface area contributed by atoms with Crippen molar-refractivity contribution in [3.8, 4) is 67.5 Å². The maximum absolute atomic E-state index is 5.10. The molecule has 8 rings (SSSR count). The van der Waals surface area contributed by atoms with Crippen LogP contribution in [-0.4, -0.2) is 19.9 Å². The van der Waals surface area contributed by atoms with Gasteiger partial charge < -0.3 is 0 Å². The number of rotatable bonds is 6. The number of benzene rings is 6. The summed E-state index contributed by atoms with van der Waals surface area (Å²) in [6.45, 7) is 0. The minimum absolute atomic E-state index is 0.614. The molecule has 4 nitrogen and oxygen atoms in total. The fourth-order valence-electron chi connectivity index (χ4n) is 5.84. The van der Waals surface area contributed by atoms with Crippen LogP contribution in [0.15, 0.2) is 170 Å². The monoisotopic (exact) mass is 588 g/mol. The van der Waals surface area contributed by atoms with Gasteiger partial charge in [0.05, 0.1) is 5.52 Å². The summed E-state index contributed by atoms with van der Waals surface area (Å²) in [5, 5.41) is 1.10. The van der Waals surface area contributed by atoms with E-state index in [-0.39, 0.29) is 0 Å². The molecule has 0 saturated carbocycles. The summed E-state index contributed by atoms with van der Waals surface area (Å²) in [6.07, 6.45) is 1.85. The normalized spacial score (nSPS) is 11.0. The van der Waals surface area contributed by atoms with E-state index in [1.165, 1.54) is 5.56 Å². The summed E-state index contributed by atoms with van der Waals surface area (Å²) >= 11 is 0. The highest BCUT2D eigenvalue weighted by atomic mass is 15.0. The Balaban J connectivity index is 1.32. The number of aromatic nitrogens is 4. The predicted octanol–water partition coefficient (Wildman–Crippen LogP) is 10.4. The van der Waals surface area contributed by atoms with Gasteiger partial charge in [0.1, 0.15) is 0 Å². The molecule has 2 aromatic heterocycles. The number of hydrogen-bond acceptors (Lipinski definition) is 4. The molecule has 0 bridgehead atoms. The van der Waals surface area contributed by atoms with Crippen molar-refractivity contribution in [2.45, 2.75) is 0 Å². The van der Waals surface area contributed by atoms with E-state index in [9.17, 15) is 0 Å². The third kappa shape index (κ3) is 5.44. The standard InChI is InChI=1S/C42H28N4/c1-4-12-29(13-5-1)31-21-23-34(24-22-31)41-44-40(33-16-8-3-9-17-33)45-42(46-41)37-27-35(30-14-6-2-7-15-30)26-36(28-37)38-20-10-18-32-19-11-25-43-39(32)38/h1-28H. The first kappa shape index (κ1) is 27.3. The Morgan fingerprint density at radius 1 is 0.304 bits per heavy atom. The van der Waals surface area contributed by atoms with E-state index < -0.39 is 0 Å². The first-order valence-electron chi connectivity index (χ1n) is 15.3. The molecule has 0 N–H and O–H groups in total. The van der Waals surface area contributed by atoms with Crippen molar-refractivity contribution < 1.29 is 0 Å². The van der Waals surface area contributed by atoms with Crippen molar-refractivity contribution in [2.24, 2.45) is 0 Å². The molecule has 0 fully saturated rings. The third-order valence-electron chi connectivity index (χ3n) is 8.16. The molecule has 216 valence electrons. The highest BCUT2D eigenvalue weighted by molar-refractivity contribution is 5.95. The average Bonchev–Trinajstić information content (AvgIpc) is 3.15. The lowest BCUT2D eigenvalue weighted by Gasteiger charge is -2.13. The van der Waals surface area contributed by atoms with Gasteiger partial charge in [-0.1, -0.05) is 140 Å². The van der Waals surface area contributed by atoms with Crippen LogP contribution in [-0.2, 0) is 0 Å². The Morgan fingerprint density at radius 3 is 1.41 bits per heavy atom. The summed E-state index contributed by atoms with van der Waals surface area (Å²) < 4.78 is 0. The quantitative estimate of drug-likeness (QED) is 0.194. The fraction of sp³-hybridized carbons (Fsp3) is 0. The van der Waals surface area contributed by atoms with Crippen molar-refractivity contribution in [1.29, 1.82) is 0 Å². The van der Waals surface area contributed by atoms with Gasteiger partial charge in [0, 0.05) is 33.8 Å². The van der Waals surface area contributed by atoms with Crippen LogP contribution in [0.5, 0.6) is 0 Å². The largest absolute Gasteiger partial charge is 0.256 e. The summed E-state index contributed by atoms with van der Waals surface area (Å²) in [5.41, 5.74) is 10.4. The molecular weight excluding hydrogens is 560 g/mol. The van der Waals surface area contributed by atoms with E-state index in [1.807, 2.05) is 54.7 Å². The van der Waals surface area contributed by atoms with Gasteiger partial charge in [0.15, 0.2) is 17.5 Å². The van der Waals surface area contributed by atoms with Crippen molar-refractivity contribution in [3.63, 3.8) is 0 Å². The lowest BCUT2D eigenvalue weighted by atomic mass is 9.94. The van der Waals surface area contributed by atoms with Crippen molar-refractivity contribution in [1.82, 2.24) is 19.9 Å². The van der Waals surface area contributed by atoms with Crippen LogP contribution >= 0.6 is 0 Å². The van der Waals surface area contributed by atoms with E-state index in [4.69, 9.17) is 19.9 Å². The van der Waals surface area contributed by atoms with Crippen molar-refractivity contribution >= 4 is 10.9 Å². The van der Waals surface area contributed by atoms with Gasteiger partial charge in [-0.3, -0.25) is 4.98 Å². The Bertz CT molecular complexity index is 2280. The zero-order valence-electron chi connectivity index (χ0n) is 25.0. The molecule has 0 spiro atoms. The summed E-state index contributed by atoms with van der Waals surface area (Å²) in [6, 6.07) is 56.3. The van der Waals surface area contributed by atoms with Gasteiger partial charge in [-0.05, 0) is 52.1 Å². The Hall–Kier alpha value is -6.26. The maximum Gasteiger partial charge on any atom is 0.164 e. The van der Waals surface area contributed by atoms with Gasteiger partial charge in [-0.2, -0.15) is 0 Å². The molecule has 4 heteroatoms. The molecule has 46 heavy (non-hydrogen) atoms. The second kappa shape index (κ2) is 12.0. The molecule has 8 aromatic rings.